The van der Waals surface area contributed by atoms with Crippen LogP contribution in [0.4, 0.5) is 0 Å². The second kappa shape index (κ2) is 5.56. The van der Waals surface area contributed by atoms with Crippen molar-refractivity contribution in [2.24, 2.45) is 0 Å². The molecule has 0 bridgehead atoms. The largest absolute Gasteiger partial charge is 0.500 e. The van der Waals surface area contributed by atoms with Crippen LogP contribution in [0, 0.1) is 0 Å². The van der Waals surface area contributed by atoms with Gasteiger partial charge in [0.2, 0.25) is 0 Å². The van der Waals surface area contributed by atoms with Gasteiger partial charge >= 0.3 is 7.12 Å². The van der Waals surface area contributed by atoms with E-state index in [1.165, 1.54) is 0 Å². The fourth-order valence-electron chi connectivity index (χ4n) is 1.96. The summed E-state index contributed by atoms with van der Waals surface area (Å²) in [7, 11) is 1.01. The normalized spacial score (nSPS) is 20.2. The predicted molar refractivity (Wildman–Crippen MR) is 79.7 cm³/mol. The molecule has 1 saturated heterocycles. The van der Waals surface area contributed by atoms with Gasteiger partial charge in [-0.25, -0.2) is 0 Å². The minimum atomic E-state index is -0.555. The van der Waals surface area contributed by atoms with Gasteiger partial charge < -0.3 is 18.8 Å². The number of hydrogen-bond acceptors (Lipinski definition) is 4. The number of ether oxygens (including phenoxy) is 2. The van der Waals surface area contributed by atoms with E-state index in [4.69, 9.17) is 30.4 Å². The molecule has 0 saturated carbocycles. The molecular formula is C14H20BClO4. The number of benzene rings is 1. The molecule has 2 rings (SSSR count). The first-order valence-corrected chi connectivity index (χ1v) is 6.92. The van der Waals surface area contributed by atoms with Crippen molar-refractivity contribution in [1.29, 1.82) is 0 Å². The first-order valence-electron chi connectivity index (χ1n) is 6.54. The zero-order valence-corrected chi connectivity index (χ0v) is 13.3. The molecule has 0 aliphatic carbocycles. The highest BCUT2D eigenvalue weighted by Crippen LogP contribution is 2.37. The van der Waals surface area contributed by atoms with E-state index in [1.54, 1.807) is 13.2 Å². The molecule has 0 amide bonds. The van der Waals surface area contributed by atoms with E-state index >= 15 is 0 Å². The molecule has 1 aliphatic rings. The van der Waals surface area contributed by atoms with E-state index < -0.39 is 18.3 Å². The molecule has 0 spiro atoms. The summed E-state index contributed by atoms with van der Waals surface area (Å²) in [6, 6.07) is 5.44. The Bertz CT molecular complexity index is 474. The minimum Gasteiger partial charge on any atom is -0.468 e. The average Bonchev–Trinajstić information content (AvgIpc) is 2.55. The van der Waals surface area contributed by atoms with Crippen molar-refractivity contribution in [2.45, 2.75) is 38.9 Å². The van der Waals surface area contributed by atoms with Crippen molar-refractivity contribution in [3.8, 4) is 5.75 Å². The minimum absolute atomic E-state index is 0.146. The summed E-state index contributed by atoms with van der Waals surface area (Å²) < 4.78 is 22.5. The predicted octanol–water partition coefficient (Wildman–Crippen LogP) is 2.62. The summed E-state index contributed by atoms with van der Waals surface area (Å²) in [6.07, 6.45) is 0. The summed E-state index contributed by atoms with van der Waals surface area (Å²) in [6.45, 7) is 8.14. The first-order chi connectivity index (χ1) is 9.28. The third-order valence-electron chi connectivity index (χ3n) is 3.83. The molecule has 6 heteroatoms. The van der Waals surface area contributed by atoms with Gasteiger partial charge in [0, 0.05) is 17.6 Å². The molecule has 0 aromatic heterocycles. The molecule has 0 radical (unpaired) electrons. The lowest BCUT2D eigenvalue weighted by Crippen LogP contribution is -2.41. The zero-order chi connectivity index (χ0) is 15.0. The Morgan fingerprint density at radius 1 is 1.15 bits per heavy atom. The summed E-state index contributed by atoms with van der Waals surface area (Å²) in [5, 5.41) is 0.553. The SMILES string of the molecule is COCOc1cccc(Cl)c1B1OC(C)(C)C(C)(C)O1. The van der Waals surface area contributed by atoms with Gasteiger partial charge in [-0.15, -0.1) is 0 Å². The highest BCUT2D eigenvalue weighted by molar-refractivity contribution is 6.66. The lowest BCUT2D eigenvalue weighted by atomic mass is 9.78. The average molecular weight is 299 g/mol. The maximum atomic E-state index is 6.29. The fraction of sp³-hybridized carbons (Fsp3) is 0.571. The smallest absolute Gasteiger partial charge is 0.468 e. The van der Waals surface area contributed by atoms with Crippen LogP contribution in [0.15, 0.2) is 18.2 Å². The molecule has 4 nitrogen and oxygen atoms in total. The van der Waals surface area contributed by atoms with Crippen LogP contribution >= 0.6 is 11.6 Å². The van der Waals surface area contributed by atoms with E-state index in [0.717, 1.165) is 0 Å². The number of hydrogen-bond donors (Lipinski definition) is 0. The van der Waals surface area contributed by atoms with Crippen molar-refractivity contribution in [1.82, 2.24) is 0 Å². The second-order valence-corrected chi connectivity index (χ2v) is 6.20. The van der Waals surface area contributed by atoms with Crippen molar-refractivity contribution in [3.05, 3.63) is 23.2 Å². The van der Waals surface area contributed by atoms with Crippen LogP contribution in [0.2, 0.25) is 5.02 Å². The van der Waals surface area contributed by atoms with Crippen molar-refractivity contribution >= 4 is 24.2 Å². The molecule has 1 heterocycles. The summed E-state index contributed by atoms with van der Waals surface area (Å²) in [5.41, 5.74) is -0.144. The van der Waals surface area contributed by atoms with Gasteiger partial charge in [0.25, 0.3) is 0 Å². The molecule has 1 aliphatic heterocycles. The van der Waals surface area contributed by atoms with E-state index in [2.05, 4.69) is 0 Å². The van der Waals surface area contributed by atoms with Crippen LogP contribution in [0.25, 0.3) is 0 Å². The third-order valence-corrected chi connectivity index (χ3v) is 4.16. The van der Waals surface area contributed by atoms with Crippen molar-refractivity contribution in [2.75, 3.05) is 13.9 Å². The molecule has 20 heavy (non-hydrogen) atoms. The van der Waals surface area contributed by atoms with Gasteiger partial charge in [0.05, 0.1) is 11.2 Å². The molecule has 1 aromatic rings. The monoisotopic (exact) mass is 298 g/mol. The van der Waals surface area contributed by atoms with Gasteiger partial charge in [-0.1, -0.05) is 17.7 Å². The van der Waals surface area contributed by atoms with E-state index in [9.17, 15) is 0 Å². The van der Waals surface area contributed by atoms with Crippen LogP contribution in [0.3, 0.4) is 0 Å². The molecule has 1 fully saturated rings. The highest BCUT2D eigenvalue weighted by atomic mass is 35.5. The fourth-order valence-corrected chi connectivity index (χ4v) is 2.21. The van der Waals surface area contributed by atoms with Crippen LogP contribution in [0.1, 0.15) is 27.7 Å². The Kier molecular flexibility index (Phi) is 4.35. The van der Waals surface area contributed by atoms with Gasteiger partial charge in [-0.2, -0.15) is 0 Å². The Morgan fingerprint density at radius 2 is 1.75 bits per heavy atom. The first kappa shape index (κ1) is 15.6. The lowest BCUT2D eigenvalue weighted by molar-refractivity contribution is 0.00578. The van der Waals surface area contributed by atoms with Gasteiger partial charge in [0.15, 0.2) is 6.79 Å². The van der Waals surface area contributed by atoms with Crippen molar-refractivity contribution < 1.29 is 18.8 Å². The Hall–Kier alpha value is -0.745. The number of rotatable bonds is 4. The second-order valence-electron chi connectivity index (χ2n) is 5.79. The Balaban J connectivity index is 2.34. The van der Waals surface area contributed by atoms with Gasteiger partial charge in [-0.05, 0) is 39.8 Å². The molecule has 0 N–H and O–H groups in total. The molecule has 0 atom stereocenters. The zero-order valence-electron chi connectivity index (χ0n) is 12.5. The number of halogens is 1. The molecule has 110 valence electrons. The topological polar surface area (TPSA) is 36.9 Å². The van der Waals surface area contributed by atoms with Crippen LogP contribution in [-0.2, 0) is 14.0 Å². The van der Waals surface area contributed by atoms with Gasteiger partial charge in [0.1, 0.15) is 5.75 Å². The molecule has 1 aromatic carbocycles. The summed E-state index contributed by atoms with van der Waals surface area (Å²) in [4.78, 5) is 0. The summed E-state index contributed by atoms with van der Waals surface area (Å²) in [5.74, 6) is 0.609. The van der Waals surface area contributed by atoms with Crippen LogP contribution < -0.4 is 10.2 Å². The van der Waals surface area contributed by atoms with Crippen molar-refractivity contribution in [3.63, 3.8) is 0 Å². The maximum Gasteiger partial charge on any atom is 0.500 e. The maximum absolute atomic E-state index is 6.29. The van der Waals surface area contributed by atoms with Gasteiger partial charge in [-0.3, -0.25) is 0 Å². The Labute approximate surface area is 125 Å². The van der Waals surface area contributed by atoms with Crippen LogP contribution in [-0.4, -0.2) is 32.2 Å². The standard InChI is InChI=1S/C14H20BClO4/c1-13(2)14(3,4)20-15(19-13)12-10(16)7-6-8-11(12)18-9-17-5/h6-8H,9H2,1-5H3. The van der Waals surface area contributed by atoms with E-state index in [-0.39, 0.29) is 6.79 Å². The van der Waals surface area contributed by atoms with E-state index in [0.29, 0.717) is 16.2 Å². The quantitative estimate of drug-likeness (QED) is 0.632. The highest BCUT2D eigenvalue weighted by Gasteiger charge is 2.53. The molecule has 0 unspecified atom stereocenters. The number of methoxy groups -OCH3 is 1. The van der Waals surface area contributed by atoms with E-state index in [1.807, 2.05) is 39.8 Å². The summed E-state index contributed by atoms with van der Waals surface area (Å²) >= 11 is 6.29. The Morgan fingerprint density at radius 3 is 2.30 bits per heavy atom. The lowest BCUT2D eigenvalue weighted by Gasteiger charge is -2.32. The third kappa shape index (κ3) is 2.81. The van der Waals surface area contributed by atoms with Crippen LogP contribution in [0.5, 0.6) is 5.75 Å². The molecular weight excluding hydrogens is 278 g/mol.